The minimum absolute atomic E-state index is 0.348. The summed E-state index contributed by atoms with van der Waals surface area (Å²) in [4.78, 5) is 0. The van der Waals surface area contributed by atoms with E-state index >= 15 is 0 Å². The van der Waals surface area contributed by atoms with Gasteiger partial charge in [0, 0.05) is 4.47 Å². The zero-order valence-corrected chi connectivity index (χ0v) is 17.7. The second-order valence-electron chi connectivity index (χ2n) is 6.48. The fourth-order valence-electron chi connectivity index (χ4n) is 2.77. The Kier molecular flexibility index (Phi) is 6.69. The Morgan fingerprint density at radius 3 is 2.52 bits per heavy atom. The maximum Gasteiger partial charge on any atom is 0.162 e. The summed E-state index contributed by atoms with van der Waals surface area (Å²) in [6.45, 7) is 2.45. The molecule has 3 aromatic rings. The fourth-order valence-corrected chi connectivity index (χ4v) is 3.21. The van der Waals surface area contributed by atoms with Crippen molar-refractivity contribution in [2.24, 2.45) is 0 Å². The zero-order valence-electron chi connectivity index (χ0n) is 16.1. The molecule has 0 aliphatic heterocycles. The SMILES string of the molecule is COc1cc(/C=C(/C#N)c2cccc(F)c2)c(Br)cc1OCc1ccc(C)cc1. The summed E-state index contributed by atoms with van der Waals surface area (Å²) in [6, 6.07) is 19.8. The van der Waals surface area contributed by atoms with E-state index < -0.39 is 0 Å². The first kappa shape index (κ1) is 20.6. The Labute approximate surface area is 178 Å². The highest BCUT2D eigenvalue weighted by molar-refractivity contribution is 9.10. The summed E-state index contributed by atoms with van der Waals surface area (Å²) in [5.41, 5.74) is 3.83. The first-order valence-corrected chi connectivity index (χ1v) is 9.73. The molecule has 0 atom stereocenters. The van der Waals surface area contributed by atoms with Crippen molar-refractivity contribution in [3.8, 4) is 17.6 Å². The van der Waals surface area contributed by atoms with Crippen LogP contribution >= 0.6 is 15.9 Å². The molecule has 0 N–H and O–H groups in total. The molecule has 5 heteroatoms. The molecule has 0 aliphatic rings. The summed E-state index contributed by atoms with van der Waals surface area (Å²) in [7, 11) is 1.56. The molecule has 0 unspecified atom stereocenters. The number of halogens is 2. The highest BCUT2D eigenvalue weighted by atomic mass is 79.9. The van der Waals surface area contributed by atoms with Crippen molar-refractivity contribution in [2.45, 2.75) is 13.5 Å². The van der Waals surface area contributed by atoms with Crippen LogP contribution in [0.3, 0.4) is 0 Å². The predicted octanol–water partition coefficient (Wildman–Crippen LogP) is 6.55. The molecule has 0 fully saturated rings. The lowest BCUT2D eigenvalue weighted by atomic mass is 10.0. The number of ether oxygens (including phenoxy) is 2. The van der Waals surface area contributed by atoms with E-state index in [9.17, 15) is 9.65 Å². The Balaban J connectivity index is 1.89. The van der Waals surface area contributed by atoms with E-state index in [0.29, 0.717) is 29.2 Å². The first-order chi connectivity index (χ1) is 14.0. The minimum Gasteiger partial charge on any atom is -0.493 e. The van der Waals surface area contributed by atoms with Crippen molar-refractivity contribution < 1.29 is 13.9 Å². The maximum atomic E-state index is 13.5. The lowest BCUT2D eigenvalue weighted by Gasteiger charge is -2.13. The molecule has 0 aliphatic carbocycles. The molecule has 3 rings (SSSR count). The number of aryl methyl sites for hydroxylation is 1. The van der Waals surface area contributed by atoms with Gasteiger partial charge in [-0.3, -0.25) is 0 Å². The van der Waals surface area contributed by atoms with E-state index in [4.69, 9.17) is 9.47 Å². The summed E-state index contributed by atoms with van der Waals surface area (Å²) >= 11 is 3.53. The molecule has 146 valence electrons. The zero-order chi connectivity index (χ0) is 20.8. The van der Waals surface area contributed by atoms with Gasteiger partial charge >= 0.3 is 0 Å². The normalized spacial score (nSPS) is 11.1. The third kappa shape index (κ3) is 5.24. The number of hydrogen-bond donors (Lipinski definition) is 0. The van der Waals surface area contributed by atoms with Gasteiger partial charge in [-0.2, -0.15) is 5.26 Å². The number of rotatable bonds is 6. The van der Waals surface area contributed by atoms with Gasteiger partial charge in [-0.25, -0.2) is 4.39 Å². The van der Waals surface area contributed by atoms with E-state index in [1.807, 2.05) is 31.2 Å². The summed E-state index contributed by atoms with van der Waals surface area (Å²) in [5.74, 6) is 0.740. The standard InChI is InChI=1S/C24H19BrFNO2/c1-16-6-8-17(9-7-16)15-29-24-13-22(25)19(12-23(24)28-2)10-20(14-27)18-4-3-5-21(26)11-18/h3-13H,15H2,1-2H3/b20-10-. The Bertz CT molecular complexity index is 1090. The predicted molar refractivity (Wildman–Crippen MR) is 116 cm³/mol. The van der Waals surface area contributed by atoms with Crippen LogP contribution in [0.4, 0.5) is 4.39 Å². The summed E-state index contributed by atoms with van der Waals surface area (Å²) < 4.78 is 25.7. The Hall–Kier alpha value is -3.10. The third-order valence-corrected chi connectivity index (χ3v) is 5.04. The third-order valence-electron chi connectivity index (χ3n) is 4.35. The molecule has 3 aromatic carbocycles. The molecular weight excluding hydrogens is 433 g/mol. The molecule has 29 heavy (non-hydrogen) atoms. The van der Waals surface area contributed by atoms with Crippen LogP contribution < -0.4 is 9.47 Å². The summed E-state index contributed by atoms with van der Waals surface area (Å²) in [5, 5.41) is 9.52. The van der Waals surface area contributed by atoms with Crippen molar-refractivity contribution in [3.63, 3.8) is 0 Å². The number of allylic oxidation sites excluding steroid dienone is 1. The van der Waals surface area contributed by atoms with E-state index in [1.165, 1.54) is 17.7 Å². The highest BCUT2D eigenvalue weighted by Gasteiger charge is 2.11. The molecule has 0 bridgehead atoms. The number of nitrogens with zero attached hydrogens (tertiary/aromatic N) is 1. The van der Waals surface area contributed by atoms with Crippen LogP contribution in [-0.4, -0.2) is 7.11 Å². The quantitative estimate of drug-likeness (QED) is 0.315. The number of nitriles is 1. The van der Waals surface area contributed by atoms with Crippen LogP contribution in [0.5, 0.6) is 11.5 Å². The average Bonchev–Trinajstić information content (AvgIpc) is 2.72. The first-order valence-electron chi connectivity index (χ1n) is 8.94. The van der Waals surface area contributed by atoms with Crippen molar-refractivity contribution in [3.05, 3.63) is 93.2 Å². The lowest BCUT2D eigenvalue weighted by Crippen LogP contribution is -1.98. The van der Waals surface area contributed by atoms with Crippen LogP contribution in [0.2, 0.25) is 0 Å². The van der Waals surface area contributed by atoms with Gasteiger partial charge in [-0.1, -0.05) is 57.9 Å². The van der Waals surface area contributed by atoms with Gasteiger partial charge in [0.05, 0.1) is 18.8 Å². The van der Waals surface area contributed by atoms with Crippen LogP contribution in [-0.2, 0) is 6.61 Å². The van der Waals surface area contributed by atoms with Gasteiger partial charge in [0.15, 0.2) is 11.5 Å². The lowest BCUT2D eigenvalue weighted by molar-refractivity contribution is 0.284. The second-order valence-corrected chi connectivity index (χ2v) is 7.33. The van der Waals surface area contributed by atoms with Gasteiger partial charge in [0.25, 0.3) is 0 Å². The molecule has 0 radical (unpaired) electrons. The minimum atomic E-state index is -0.389. The largest absolute Gasteiger partial charge is 0.493 e. The van der Waals surface area contributed by atoms with E-state index in [-0.39, 0.29) is 5.82 Å². The Morgan fingerprint density at radius 2 is 1.86 bits per heavy atom. The van der Waals surface area contributed by atoms with Gasteiger partial charge in [-0.05, 0) is 54.0 Å². The summed E-state index contributed by atoms with van der Waals surface area (Å²) in [6.07, 6.45) is 1.69. The molecule has 0 saturated heterocycles. The molecular formula is C24H19BrFNO2. The number of hydrogen-bond acceptors (Lipinski definition) is 3. The number of methoxy groups -OCH3 is 1. The van der Waals surface area contributed by atoms with E-state index in [2.05, 4.69) is 22.0 Å². The van der Waals surface area contributed by atoms with Crippen LogP contribution in [0.15, 0.2) is 65.1 Å². The van der Waals surface area contributed by atoms with E-state index in [1.54, 1.807) is 37.5 Å². The van der Waals surface area contributed by atoms with Crippen molar-refractivity contribution in [1.29, 1.82) is 5.26 Å². The molecule has 3 nitrogen and oxygen atoms in total. The monoisotopic (exact) mass is 451 g/mol. The molecule has 0 amide bonds. The number of benzene rings is 3. The van der Waals surface area contributed by atoms with Crippen LogP contribution in [0.25, 0.3) is 11.6 Å². The Morgan fingerprint density at radius 1 is 1.10 bits per heavy atom. The fraction of sp³-hybridized carbons (Fsp3) is 0.125. The smallest absolute Gasteiger partial charge is 0.162 e. The van der Waals surface area contributed by atoms with Crippen LogP contribution in [0.1, 0.15) is 22.3 Å². The molecule has 0 saturated carbocycles. The van der Waals surface area contributed by atoms with Gasteiger partial charge < -0.3 is 9.47 Å². The van der Waals surface area contributed by atoms with E-state index in [0.717, 1.165) is 15.6 Å². The maximum absolute atomic E-state index is 13.5. The molecule has 0 aromatic heterocycles. The highest BCUT2D eigenvalue weighted by Crippen LogP contribution is 2.36. The van der Waals surface area contributed by atoms with Crippen molar-refractivity contribution >= 4 is 27.6 Å². The average molecular weight is 452 g/mol. The van der Waals surface area contributed by atoms with Gasteiger partial charge in [0.2, 0.25) is 0 Å². The molecule has 0 spiro atoms. The molecule has 0 heterocycles. The topological polar surface area (TPSA) is 42.2 Å². The second kappa shape index (κ2) is 9.40. The van der Waals surface area contributed by atoms with Crippen molar-refractivity contribution in [1.82, 2.24) is 0 Å². The van der Waals surface area contributed by atoms with Gasteiger partial charge in [-0.15, -0.1) is 0 Å². The van der Waals surface area contributed by atoms with Gasteiger partial charge in [0.1, 0.15) is 12.4 Å². The van der Waals surface area contributed by atoms with Crippen LogP contribution in [0, 0.1) is 24.1 Å². The van der Waals surface area contributed by atoms with Crippen molar-refractivity contribution in [2.75, 3.05) is 7.11 Å².